The topological polar surface area (TPSA) is 9.23 Å². The van der Waals surface area contributed by atoms with Crippen molar-refractivity contribution in [1.29, 1.82) is 0 Å². The van der Waals surface area contributed by atoms with Crippen molar-refractivity contribution in [1.82, 2.24) is 0 Å². The van der Waals surface area contributed by atoms with Crippen LogP contribution in [0, 0.1) is 0 Å². The second kappa shape index (κ2) is 22.6. The highest BCUT2D eigenvalue weighted by Crippen LogP contribution is 2.12. The molecule has 90 valence electrons. The van der Waals surface area contributed by atoms with Crippen LogP contribution in [0.4, 0.5) is 17.6 Å². The van der Waals surface area contributed by atoms with Crippen LogP contribution < -0.4 is 0 Å². The summed E-state index contributed by atoms with van der Waals surface area (Å²) in [6.07, 6.45) is -3.58. The quantitative estimate of drug-likeness (QED) is 0.619. The Bertz CT molecular complexity index is 54.1. The number of hydrogen-bond donors (Lipinski definition) is 0. The molecule has 0 N–H and O–H groups in total. The van der Waals surface area contributed by atoms with E-state index in [1.807, 2.05) is 0 Å². The van der Waals surface area contributed by atoms with E-state index in [2.05, 4.69) is 4.74 Å². The predicted molar refractivity (Wildman–Crippen MR) is 51.9 cm³/mol. The van der Waals surface area contributed by atoms with E-state index in [1.54, 1.807) is 0 Å². The lowest BCUT2D eigenvalue weighted by molar-refractivity contribution is -0.229. The van der Waals surface area contributed by atoms with Crippen molar-refractivity contribution in [2.24, 2.45) is 0 Å². The van der Waals surface area contributed by atoms with Crippen molar-refractivity contribution >= 4 is 0 Å². The molecule has 0 amide bonds. The summed E-state index contributed by atoms with van der Waals surface area (Å²) in [5, 5.41) is 0. The van der Waals surface area contributed by atoms with Crippen molar-refractivity contribution in [3.63, 3.8) is 0 Å². The third-order valence-corrected chi connectivity index (χ3v) is 0.454. The standard InChI is InChI=1S/C3H5F3O.CH3F.4CH4/c1-7-3(5,6)2-4;1-2;;;;/h2H2,1H3;1H3;4*1H4. The molecule has 0 radical (unpaired) electrons. The monoisotopic (exact) mass is 212 g/mol. The molecule has 1 nitrogen and oxygen atoms in total. The van der Waals surface area contributed by atoms with Gasteiger partial charge in [0.15, 0.2) is 6.67 Å². The van der Waals surface area contributed by atoms with E-state index in [9.17, 15) is 17.6 Å². The molecule has 13 heavy (non-hydrogen) atoms. The van der Waals surface area contributed by atoms with Gasteiger partial charge in [-0.15, -0.1) is 0 Å². The van der Waals surface area contributed by atoms with Crippen LogP contribution >= 0.6 is 0 Å². The van der Waals surface area contributed by atoms with Gasteiger partial charge in [0.05, 0.1) is 7.18 Å². The average molecular weight is 212 g/mol. The summed E-state index contributed by atoms with van der Waals surface area (Å²) in [5.74, 6) is 0. The van der Waals surface area contributed by atoms with Crippen molar-refractivity contribution in [2.75, 3.05) is 21.0 Å². The minimum atomic E-state index is -3.58. The molecule has 0 heterocycles. The van der Waals surface area contributed by atoms with Crippen LogP contribution in [0.1, 0.15) is 29.7 Å². The predicted octanol–water partition coefficient (Wildman–Crippen LogP) is 4.33. The van der Waals surface area contributed by atoms with E-state index in [1.165, 1.54) is 0 Å². The first kappa shape index (κ1) is 38.8. The fraction of sp³-hybridized carbons (Fsp3) is 1.00. The van der Waals surface area contributed by atoms with Gasteiger partial charge in [-0.2, -0.15) is 8.78 Å². The Morgan fingerprint density at radius 3 is 1.23 bits per heavy atom. The summed E-state index contributed by atoms with van der Waals surface area (Å²) in [6.45, 7) is -1.76. The molecule has 0 saturated heterocycles. The van der Waals surface area contributed by atoms with Gasteiger partial charge in [-0.25, -0.2) is 4.39 Å². The van der Waals surface area contributed by atoms with Gasteiger partial charge in [0, 0.05) is 7.11 Å². The SMILES string of the molecule is C.C.C.C.CF.COC(F)(F)CF. The molecule has 0 fully saturated rings. The lowest BCUT2D eigenvalue weighted by Crippen LogP contribution is -2.20. The van der Waals surface area contributed by atoms with Crippen LogP contribution in [0.3, 0.4) is 0 Å². The minimum Gasteiger partial charge on any atom is -0.322 e. The Morgan fingerprint density at radius 2 is 1.23 bits per heavy atom. The third kappa shape index (κ3) is 33.9. The van der Waals surface area contributed by atoms with E-state index in [4.69, 9.17) is 0 Å². The van der Waals surface area contributed by atoms with E-state index in [-0.39, 0.29) is 29.7 Å². The highest BCUT2D eigenvalue weighted by Gasteiger charge is 2.27. The molecule has 0 unspecified atom stereocenters. The maximum absolute atomic E-state index is 11.3. The molecule has 0 bridgehead atoms. The fourth-order valence-corrected chi connectivity index (χ4v) is 0.0546. The highest BCUT2D eigenvalue weighted by molar-refractivity contribution is 4.43. The zero-order valence-corrected chi connectivity index (χ0v) is 5.13. The van der Waals surface area contributed by atoms with Crippen LogP contribution in [0.2, 0.25) is 0 Å². The van der Waals surface area contributed by atoms with Crippen LogP contribution in [-0.4, -0.2) is 27.1 Å². The van der Waals surface area contributed by atoms with E-state index < -0.39 is 12.8 Å². The van der Waals surface area contributed by atoms with Crippen LogP contribution in [0.15, 0.2) is 0 Å². The number of alkyl halides is 4. The van der Waals surface area contributed by atoms with E-state index in [0.29, 0.717) is 7.18 Å². The Morgan fingerprint density at radius 1 is 1.00 bits per heavy atom. The Balaban J connectivity index is -0.0000000191. The largest absolute Gasteiger partial charge is 0.383 e. The number of ether oxygens (including phenoxy) is 1. The van der Waals surface area contributed by atoms with Gasteiger partial charge in [-0.05, 0) is 0 Å². The lowest BCUT2D eigenvalue weighted by atomic mass is 10.7. The zero-order valence-electron chi connectivity index (χ0n) is 5.13. The summed E-state index contributed by atoms with van der Waals surface area (Å²) < 4.78 is 46.3. The molecular formula is C8H24F4O. The van der Waals surface area contributed by atoms with Gasteiger partial charge in [0.25, 0.3) is 0 Å². The van der Waals surface area contributed by atoms with Crippen molar-refractivity contribution in [3.05, 3.63) is 0 Å². The number of halogens is 4. The molecular weight excluding hydrogens is 188 g/mol. The van der Waals surface area contributed by atoms with Crippen molar-refractivity contribution in [2.45, 2.75) is 35.8 Å². The molecule has 0 aromatic rings. The first-order chi connectivity index (χ1) is 4.12. The van der Waals surface area contributed by atoms with E-state index >= 15 is 0 Å². The average Bonchev–Trinajstić information content (AvgIpc) is 1.93. The smallest absolute Gasteiger partial charge is 0.322 e. The Kier molecular flexibility index (Phi) is 67.4. The van der Waals surface area contributed by atoms with Gasteiger partial charge in [-0.3, -0.25) is 4.39 Å². The lowest BCUT2D eigenvalue weighted by Gasteiger charge is -2.06. The van der Waals surface area contributed by atoms with E-state index in [0.717, 1.165) is 7.11 Å². The summed E-state index contributed by atoms with van der Waals surface area (Å²) in [6, 6.07) is 0. The molecule has 0 saturated carbocycles. The summed E-state index contributed by atoms with van der Waals surface area (Å²) in [5.41, 5.74) is 0. The summed E-state index contributed by atoms with van der Waals surface area (Å²) in [4.78, 5) is 0. The maximum atomic E-state index is 11.3. The Hall–Kier alpha value is -0.320. The molecule has 0 aromatic heterocycles. The molecule has 0 spiro atoms. The minimum absolute atomic E-state index is 0. The van der Waals surface area contributed by atoms with Gasteiger partial charge < -0.3 is 4.74 Å². The molecule has 0 aromatic carbocycles. The van der Waals surface area contributed by atoms with Crippen LogP contribution in [0.25, 0.3) is 0 Å². The zero-order chi connectivity index (χ0) is 7.91. The molecule has 0 aliphatic carbocycles. The number of methoxy groups -OCH3 is 1. The molecule has 5 heteroatoms. The number of hydrogen-bond acceptors (Lipinski definition) is 1. The normalized spacial score (nSPS) is 6.92. The number of rotatable bonds is 2. The molecule has 0 rings (SSSR count). The Labute approximate surface area is 80.1 Å². The second-order valence-corrected chi connectivity index (χ2v) is 0.975. The van der Waals surface area contributed by atoms with Gasteiger partial charge in [-0.1, -0.05) is 29.7 Å². The van der Waals surface area contributed by atoms with Crippen molar-refractivity contribution < 1.29 is 22.3 Å². The van der Waals surface area contributed by atoms with Gasteiger partial charge in [0.2, 0.25) is 0 Å². The van der Waals surface area contributed by atoms with Crippen LogP contribution in [-0.2, 0) is 4.74 Å². The molecule has 0 aliphatic heterocycles. The summed E-state index contributed by atoms with van der Waals surface area (Å²) >= 11 is 0. The van der Waals surface area contributed by atoms with Crippen molar-refractivity contribution in [3.8, 4) is 0 Å². The highest BCUT2D eigenvalue weighted by atomic mass is 19.3. The first-order valence-corrected chi connectivity index (χ1v) is 1.99. The van der Waals surface area contributed by atoms with Gasteiger partial charge >= 0.3 is 6.11 Å². The fourth-order valence-electron chi connectivity index (χ4n) is 0.0546. The first-order valence-electron chi connectivity index (χ1n) is 1.99. The molecule has 0 aliphatic rings. The molecule has 0 atom stereocenters. The second-order valence-electron chi connectivity index (χ2n) is 0.975. The van der Waals surface area contributed by atoms with Gasteiger partial charge in [0.1, 0.15) is 0 Å². The maximum Gasteiger partial charge on any atom is 0.383 e. The summed E-state index contributed by atoms with van der Waals surface area (Å²) in [7, 11) is 1.25. The third-order valence-electron chi connectivity index (χ3n) is 0.454. The van der Waals surface area contributed by atoms with Crippen LogP contribution in [0.5, 0.6) is 0 Å².